The number of carbonyl (C=O) groups is 1. The number of nitrogens with zero attached hydrogens (tertiary/aromatic N) is 2. The minimum absolute atomic E-state index is 0.00540. The summed E-state index contributed by atoms with van der Waals surface area (Å²) < 4.78 is 19.4. The molecule has 172 valence electrons. The number of halogens is 1. The molecule has 5 nitrogen and oxygen atoms in total. The first-order valence-corrected chi connectivity index (χ1v) is 11.8. The average Bonchev–Trinajstić information content (AvgIpc) is 2.83. The zero-order chi connectivity index (χ0) is 22.2. The monoisotopic (exact) mass is 439 g/mol. The molecule has 6 heteroatoms. The maximum Gasteiger partial charge on any atom is 0.220 e. The van der Waals surface area contributed by atoms with Crippen LogP contribution in [0.5, 0.6) is 0 Å². The number of hydrogen-bond donors (Lipinski definition) is 1. The molecular weight excluding hydrogens is 405 g/mol. The maximum atomic E-state index is 13.8. The lowest BCUT2D eigenvalue weighted by atomic mass is 9.86. The molecule has 32 heavy (non-hydrogen) atoms. The Labute approximate surface area is 190 Å². The van der Waals surface area contributed by atoms with Crippen LogP contribution in [0.15, 0.2) is 54.6 Å². The first-order chi connectivity index (χ1) is 15.7. The van der Waals surface area contributed by atoms with Gasteiger partial charge in [-0.25, -0.2) is 4.39 Å². The van der Waals surface area contributed by atoms with Crippen molar-refractivity contribution >= 4 is 5.91 Å². The fraction of sp³-hybridized carbons (Fsp3) is 0.500. The van der Waals surface area contributed by atoms with E-state index in [-0.39, 0.29) is 18.3 Å². The predicted molar refractivity (Wildman–Crippen MR) is 123 cm³/mol. The van der Waals surface area contributed by atoms with Crippen LogP contribution in [0.25, 0.3) is 0 Å². The van der Waals surface area contributed by atoms with E-state index >= 15 is 0 Å². The summed E-state index contributed by atoms with van der Waals surface area (Å²) in [5.74, 6) is 0.156. The van der Waals surface area contributed by atoms with E-state index in [1.807, 2.05) is 0 Å². The van der Waals surface area contributed by atoms with Gasteiger partial charge in [0.1, 0.15) is 5.82 Å². The summed E-state index contributed by atoms with van der Waals surface area (Å²) in [7, 11) is 0. The smallest absolute Gasteiger partial charge is 0.220 e. The SMILES string of the molecule is O=C(CC[C@H]1CN(Cc2ccccc2)CC[C@H]1N1CCOCC1)NCc1ccccc1F. The van der Waals surface area contributed by atoms with Gasteiger partial charge in [0, 0.05) is 50.7 Å². The number of piperidine rings is 1. The van der Waals surface area contributed by atoms with E-state index in [1.54, 1.807) is 18.2 Å². The van der Waals surface area contributed by atoms with Gasteiger partial charge in [-0.2, -0.15) is 0 Å². The van der Waals surface area contributed by atoms with Crippen molar-refractivity contribution in [1.29, 1.82) is 0 Å². The zero-order valence-electron chi connectivity index (χ0n) is 18.7. The molecule has 2 aromatic rings. The van der Waals surface area contributed by atoms with E-state index in [0.717, 1.165) is 58.8 Å². The summed E-state index contributed by atoms with van der Waals surface area (Å²) in [6, 6.07) is 17.7. The molecule has 2 atom stereocenters. The van der Waals surface area contributed by atoms with Crippen LogP contribution in [-0.4, -0.2) is 61.1 Å². The minimum atomic E-state index is -0.274. The van der Waals surface area contributed by atoms with Gasteiger partial charge in [0.05, 0.1) is 13.2 Å². The molecule has 1 N–H and O–H groups in total. The molecule has 2 heterocycles. The van der Waals surface area contributed by atoms with Crippen LogP contribution in [0, 0.1) is 11.7 Å². The Morgan fingerprint density at radius 3 is 2.56 bits per heavy atom. The average molecular weight is 440 g/mol. The van der Waals surface area contributed by atoms with Crippen molar-refractivity contribution in [3.8, 4) is 0 Å². The van der Waals surface area contributed by atoms with Crippen LogP contribution in [-0.2, 0) is 22.6 Å². The first-order valence-electron chi connectivity index (χ1n) is 11.8. The topological polar surface area (TPSA) is 44.8 Å². The molecule has 0 aromatic heterocycles. The lowest BCUT2D eigenvalue weighted by Gasteiger charge is -2.45. The van der Waals surface area contributed by atoms with Crippen molar-refractivity contribution in [2.45, 2.75) is 38.4 Å². The highest BCUT2D eigenvalue weighted by Crippen LogP contribution is 2.28. The standard InChI is InChI=1S/C26H34FN3O2/c27-24-9-5-4-8-22(24)18-28-26(31)11-10-23-20-29(19-21-6-2-1-3-7-21)13-12-25(23)30-14-16-32-17-15-30/h1-9,23,25H,10-20H2,(H,28,31)/t23-,25+/m0/s1. The van der Waals surface area contributed by atoms with E-state index in [4.69, 9.17) is 4.74 Å². The summed E-state index contributed by atoms with van der Waals surface area (Å²) in [4.78, 5) is 17.6. The van der Waals surface area contributed by atoms with Gasteiger partial charge < -0.3 is 10.1 Å². The van der Waals surface area contributed by atoms with E-state index < -0.39 is 0 Å². The lowest BCUT2D eigenvalue weighted by Crippen LogP contribution is -2.54. The van der Waals surface area contributed by atoms with Crippen molar-refractivity contribution < 1.29 is 13.9 Å². The van der Waals surface area contributed by atoms with Gasteiger partial charge in [-0.05, 0) is 36.9 Å². The number of ether oxygens (including phenoxy) is 1. The molecule has 0 saturated carbocycles. The Kier molecular flexibility index (Phi) is 8.26. The second-order valence-electron chi connectivity index (χ2n) is 8.89. The molecule has 0 unspecified atom stereocenters. The Morgan fingerprint density at radius 1 is 1.03 bits per heavy atom. The minimum Gasteiger partial charge on any atom is -0.379 e. The van der Waals surface area contributed by atoms with Crippen LogP contribution in [0.2, 0.25) is 0 Å². The molecule has 0 bridgehead atoms. The fourth-order valence-electron chi connectivity index (χ4n) is 4.99. The highest BCUT2D eigenvalue weighted by atomic mass is 19.1. The Balaban J connectivity index is 1.33. The summed E-state index contributed by atoms with van der Waals surface area (Å²) in [6.45, 7) is 6.79. The number of nitrogens with one attached hydrogen (secondary N) is 1. The number of benzene rings is 2. The predicted octanol–water partition coefficient (Wildman–Crippen LogP) is 3.45. The van der Waals surface area contributed by atoms with Crippen molar-refractivity contribution in [3.05, 3.63) is 71.5 Å². The van der Waals surface area contributed by atoms with E-state index in [2.05, 4.69) is 45.4 Å². The van der Waals surface area contributed by atoms with E-state index in [1.165, 1.54) is 11.6 Å². The molecular formula is C26H34FN3O2. The van der Waals surface area contributed by atoms with Gasteiger partial charge in [-0.3, -0.25) is 14.6 Å². The highest BCUT2D eigenvalue weighted by molar-refractivity contribution is 5.75. The summed E-state index contributed by atoms with van der Waals surface area (Å²) in [6.07, 6.45) is 2.43. The van der Waals surface area contributed by atoms with Crippen LogP contribution in [0.1, 0.15) is 30.4 Å². The van der Waals surface area contributed by atoms with Crippen molar-refractivity contribution in [3.63, 3.8) is 0 Å². The number of rotatable bonds is 8. The van der Waals surface area contributed by atoms with Gasteiger partial charge in [-0.15, -0.1) is 0 Å². The van der Waals surface area contributed by atoms with Gasteiger partial charge in [-0.1, -0.05) is 48.5 Å². The van der Waals surface area contributed by atoms with Crippen LogP contribution in [0.4, 0.5) is 4.39 Å². The highest BCUT2D eigenvalue weighted by Gasteiger charge is 2.34. The van der Waals surface area contributed by atoms with Gasteiger partial charge in [0.15, 0.2) is 0 Å². The largest absolute Gasteiger partial charge is 0.379 e. The quantitative estimate of drug-likeness (QED) is 0.684. The third-order valence-electron chi connectivity index (χ3n) is 6.72. The third kappa shape index (κ3) is 6.37. The summed E-state index contributed by atoms with van der Waals surface area (Å²) in [5, 5.41) is 2.90. The maximum absolute atomic E-state index is 13.8. The molecule has 0 spiro atoms. The number of morpholine rings is 1. The van der Waals surface area contributed by atoms with Crippen molar-refractivity contribution in [1.82, 2.24) is 15.1 Å². The van der Waals surface area contributed by atoms with Crippen LogP contribution >= 0.6 is 0 Å². The molecule has 2 aromatic carbocycles. The summed E-state index contributed by atoms with van der Waals surface area (Å²) in [5.41, 5.74) is 1.86. The van der Waals surface area contributed by atoms with Gasteiger partial charge >= 0.3 is 0 Å². The second kappa shape index (κ2) is 11.5. The van der Waals surface area contributed by atoms with Crippen molar-refractivity contribution in [2.75, 3.05) is 39.4 Å². The lowest BCUT2D eigenvalue weighted by molar-refractivity contribution is -0.121. The van der Waals surface area contributed by atoms with Gasteiger partial charge in [0.2, 0.25) is 5.91 Å². The molecule has 4 rings (SSSR count). The molecule has 2 fully saturated rings. The molecule has 0 radical (unpaired) electrons. The third-order valence-corrected chi connectivity index (χ3v) is 6.72. The van der Waals surface area contributed by atoms with Crippen molar-refractivity contribution in [2.24, 2.45) is 5.92 Å². The molecule has 0 aliphatic carbocycles. The molecule has 2 aliphatic heterocycles. The fourth-order valence-corrected chi connectivity index (χ4v) is 4.99. The van der Waals surface area contributed by atoms with E-state index in [0.29, 0.717) is 23.9 Å². The molecule has 2 aliphatic rings. The number of carbonyl (C=O) groups excluding carboxylic acids is 1. The van der Waals surface area contributed by atoms with E-state index in [9.17, 15) is 9.18 Å². The Hall–Kier alpha value is -2.28. The number of likely N-dealkylation sites (tertiary alicyclic amines) is 1. The second-order valence-corrected chi connectivity index (χ2v) is 8.89. The molecule has 1 amide bonds. The molecule has 2 saturated heterocycles. The van der Waals surface area contributed by atoms with Crippen LogP contribution < -0.4 is 5.32 Å². The zero-order valence-corrected chi connectivity index (χ0v) is 18.7. The Bertz CT molecular complexity index is 857. The number of hydrogen-bond acceptors (Lipinski definition) is 4. The Morgan fingerprint density at radius 2 is 1.78 bits per heavy atom. The first kappa shape index (κ1) is 22.9. The van der Waals surface area contributed by atoms with Gasteiger partial charge in [0.25, 0.3) is 0 Å². The van der Waals surface area contributed by atoms with Crippen LogP contribution in [0.3, 0.4) is 0 Å². The number of amides is 1. The summed E-state index contributed by atoms with van der Waals surface area (Å²) >= 11 is 0. The normalized spacial score (nSPS) is 22.5.